The number of rotatable bonds is 8. The van der Waals surface area contributed by atoms with Gasteiger partial charge in [-0.3, -0.25) is 14.6 Å². The molecule has 2 N–H and O–H groups in total. The van der Waals surface area contributed by atoms with Crippen LogP contribution in [0.4, 0.5) is 5.69 Å². The molecule has 1 aliphatic rings. The van der Waals surface area contributed by atoms with E-state index in [4.69, 9.17) is 9.84 Å². The minimum atomic E-state index is -0.0544. The van der Waals surface area contributed by atoms with Gasteiger partial charge in [0.15, 0.2) is 0 Å². The van der Waals surface area contributed by atoms with Crippen molar-refractivity contribution in [1.29, 1.82) is 0 Å². The maximum atomic E-state index is 12.0. The number of anilines is 1. The Morgan fingerprint density at radius 3 is 2.61 bits per heavy atom. The van der Waals surface area contributed by atoms with Gasteiger partial charge in [-0.2, -0.15) is 0 Å². The molecule has 6 nitrogen and oxygen atoms in total. The third-order valence-corrected chi connectivity index (χ3v) is 3.98. The van der Waals surface area contributed by atoms with Gasteiger partial charge < -0.3 is 15.2 Å². The van der Waals surface area contributed by atoms with Crippen LogP contribution in [0, 0.1) is 0 Å². The van der Waals surface area contributed by atoms with Crippen LogP contribution in [0.25, 0.3) is 0 Å². The van der Waals surface area contributed by atoms with Crippen molar-refractivity contribution in [1.82, 2.24) is 9.80 Å². The largest absolute Gasteiger partial charge is 0.395 e. The smallest absolute Gasteiger partial charge is 0.238 e. The van der Waals surface area contributed by atoms with Crippen molar-refractivity contribution in [2.75, 3.05) is 57.9 Å². The Hall–Kier alpha value is -1.47. The van der Waals surface area contributed by atoms with E-state index >= 15 is 0 Å². The number of likely N-dealkylation sites (N-methyl/N-ethyl adjacent to an activating group) is 1. The number of nitrogens with one attached hydrogen (secondary N) is 1. The van der Waals surface area contributed by atoms with Crippen LogP contribution in [0.5, 0.6) is 0 Å². The number of ether oxygens (including phenoxy) is 1. The van der Waals surface area contributed by atoms with Crippen LogP contribution in [0.1, 0.15) is 12.5 Å². The number of hydrogen-bond donors (Lipinski definition) is 2. The molecule has 0 bridgehead atoms. The van der Waals surface area contributed by atoms with Crippen molar-refractivity contribution in [3.05, 3.63) is 29.8 Å². The number of aliphatic hydroxyl groups is 1. The Labute approximate surface area is 138 Å². The summed E-state index contributed by atoms with van der Waals surface area (Å²) in [6, 6.07) is 7.98. The molecule has 0 radical (unpaired) electrons. The number of morpholine rings is 1. The van der Waals surface area contributed by atoms with E-state index in [1.54, 1.807) is 0 Å². The van der Waals surface area contributed by atoms with E-state index in [0.717, 1.165) is 45.1 Å². The van der Waals surface area contributed by atoms with Crippen molar-refractivity contribution in [3.63, 3.8) is 0 Å². The van der Waals surface area contributed by atoms with Gasteiger partial charge in [0.2, 0.25) is 5.91 Å². The fourth-order valence-corrected chi connectivity index (χ4v) is 2.60. The molecule has 23 heavy (non-hydrogen) atoms. The second kappa shape index (κ2) is 9.62. The number of carbonyl (C=O) groups excluding carboxylic acids is 1. The predicted molar refractivity (Wildman–Crippen MR) is 90.4 cm³/mol. The highest BCUT2D eigenvalue weighted by atomic mass is 16.5. The molecule has 1 aromatic carbocycles. The lowest BCUT2D eigenvalue weighted by Crippen LogP contribution is -2.35. The summed E-state index contributed by atoms with van der Waals surface area (Å²) in [5.74, 6) is -0.0544. The summed E-state index contributed by atoms with van der Waals surface area (Å²) < 4.78 is 5.35. The zero-order valence-corrected chi connectivity index (χ0v) is 13.8. The number of aliphatic hydroxyl groups excluding tert-OH is 1. The van der Waals surface area contributed by atoms with Gasteiger partial charge in [-0.25, -0.2) is 0 Å². The molecular weight excluding hydrogens is 294 g/mol. The summed E-state index contributed by atoms with van der Waals surface area (Å²) in [6.07, 6.45) is 0. The lowest BCUT2D eigenvalue weighted by molar-refractivity contribution is -0.117. The van der Waals surface area contributed by atoms with E-state index < -0.39 is 0 Å². The van der Waals surface area contributed by atoms with E-state index in [-0.39, 0.29) is 12.5 Å². The van der Waals surface area contributed by atoms with Crippen LogP contribution in [-0.2, 0) is 16.1 Å². The maximum Gasteiger partial charge on any atom is 0.238 e. The monoisotopic (exact) mass is 321 g/mol. The molecule has 0 aliphatic carbocycles. The van der Waals surface area contributed by atoms with E-state index in [2.05, 4.69) is 22.3 Å². The maximum absolute atomic E-state index is 12.0. The van der Waals surface area contributed by atoms with E-state index in [0.29, 0.717) is 13.1 Å². The van der Waals surface area contributed by atoms with Gasteiger partial charge in [0.05, 0.1) is 26.4 Å². The van der Waals surface area contributed by atoms with Gasteiger partial charge in [0.25, 0.3) is 0 Å². The zero-order valence-electron chi connectivity index (χ0n) is 13.8. The van der Waals surface area contributed by atoms with Crippen LogP contribution in [0.15, 0.2) is 24.3 Å². The van der Waals surface area contributed by atoms with Gasteiger partial charge in [0.1, 0.15) is 0 Å². The Balaban J connectivity index is 1.80. The fraction of sp³-hybridized carbons (Fsp3) is 0.588. The molecule has 1 aromatic rings. The minimum absolute atomic E-state index is 0.0544. The first-order chi connectivity index (χ1) is 11.2. The highest BCUT2D eigenvalue weighted by molar-refractivity contribution is 5.92. The van der Waals surface area contributed by atoms with Gasteiger partial charge in [-0.05, 0) is 24.2 Å². The topological polar surface area (TPSA) is 65.0 Å². The molecule has 0 aromatic heterocycles. The predicted octanol–water partition coefficient (Wildman–Crippen LogP) is 0.772. The number of amides is 1. The standard InChI is InChI=1S/C17H27N3O3/c1-2-19(7-10-21)14-17(22)18-16-5-3-15(4-6-16)13-20-8-11-23-12-9-20/h3-6,21H,2,7-14H2,1H3,(H,18,22). The molecule has 128 valence electrons. The first-order valence-corrected chi connectivity index (χ1v) is 8.23. The third kappa shape index (κ3) is 6.27. The number of carbonyl (C=O) groups is 1. The van der Waals surface area contributed by atoms with Gasteiger partial charge in [-0.15, -0.1) is 0 Å². The number of nitrogens with zero attached hydrogens (tertiary/aromatic N) is 2. The summed E-state index contributed by atoms with van der Waals surface area (Å²) in [7, 11) is 0. The summed E-state index contributed by atoms with van der Waals surface area (Å²) in [6.45, 7) is 8.05. The van der Waals surface area contributed by atoms with E-state index in [1.165, 1.54) is 5.56 Å². The second-order valence-electron chi connectivity index (χ2n) is 5.73. The Kier molecular flexibility index (Phi) is 7.48. The quantitative estimate of drug-likeness (QED) is 0.740. The highest BCUT2D eigenvalue weighted by Crippen LogP contribution is 2.12. The zero-order chi connectivity index (χ0) is 16.5. The molecule has 1 amide bonds. The van der Waals surface area contributed by atoms with Gasteiger partial charge in [-0.1, -0.05) is 19.1 Å². The number of benzene rings is 1. The summed E-state index contributed by atoms with van der Waals surface area (Å²) in [4.78, 5) is 16.3. The van der Waals surface area contributed by atoms with E-state index in [9.17, 15) is 4.79 Å². The molecule has 0 unspecified atom stereocenters. The average Bonchev–Trinajstić information content (AvgIpc) is 2.57. The van der Waals surface area contributed by atoms with Crippen molar-refractivity contribution < 1.29 is 14.6 Å². The molecule has 0 atom stereocenters. The first kappa shape index (κ1) is 17.9. The molecular formula is C17H27N3O3. The highest BCUT2D eigenvalue weighted by Gasteiger charge is 2.11. The fourth-order valence-electron chi connectivity index (χ4n) is 2.60. The lowest BCUT2D eigenvalue weighted by Gasteiger charge is -2.26. The molecule has 1 fully saturated rings. The van der Waals surface area contributed by atoms with Crippen LogP contribution < -0.4 is 5.32 Å². The molecule has 1 saturated heterocycles. The van der Waals surface area contributed by atoms with Crippen LogP contribution >= 0.6 is 0 Å². The van der Waals surface area contributed by atoms with Crippen LogP contribution in [0.3, 0.4) is 0 Å². The Bertz CT molecular complexity index is 472. The second-order valence-corrected chi connectivity index (χ2v) is 5.73. The van der Waals surface area contributed by atoms with Crippen molar-refractivity contribution in [2.24, 2.45) is 0 Å². The van der Waals surface area contributed by atoms with Crippen molar-refractivity contribution in [3.8, 4) is 0 Å². The molecule has 6 heteroatoms. The minimum Gasteiger partial charge on any atom is -0.395 e. The molecule has 0 spiro atoms. The summed E-state index contributed by atoms with van der Waals surface area (Å²) in [5, 5.41) is 11.9. The molecule has 1 aliphatic heterocycles. The first-order valence-electron chi connectivity index (χ1n) is 8.23. The Morgan fingerprint density at radius 2 is 2.00 bits per heavy atom. The van der Waals surface area contributed by atoms with Crippen LogP contribution in [-0.4, -0.2) is 73.4 Å². The Morgan fingerprint density at radius 1 is 1.30 bits per heavy atom. The SMILES string of the molecule is CCN(CCO)CC(=O)Nc1ccc(CN2CCOCC2)cc1. The van der Waals surface area contributed by atoms with Crippen molar-refractivity contribution >= 4 is 11.6 Å². The third-order valence-electron chi connectivity index (χ3n) is 3.98. The molecule has 0 saturated carbocycles. The van der Waals surface area contributed by atoms with E-state index in [1.807, 2.05) is 24.0 Å². The van der Waals surface area contributed by atoms with Gasteiger partial charge >= 0.3 is 0 Å². The average molecular weight is 321 g/mol. The summed E-state index contributed by atoms with van der Waals surface area (Å²) >= 11 is 0. The number of hydrogen-bond acceptors (Lipinski definition) is 5. The van der Waals surface area contributed by atoms with Gasteiger partial charge in [0, 0.05) is 31.9 Å². The lowest BCUT2D eigenvalue weighted by atomic mass is 10.2. The molecule has 2 rings (SSSR count). The summed E-state index contributed by atoms with van der Waals surface area (Å²) in [5.41, 5.74) is 2.04. The van der Waals surface area contributed by atoms with Crippen molar-refractivity contribution in [2.45, 2.75) is 13.5 Å². The normalized spacial score (nSPS) is 15.8. The molecule has 1 heterocycles. The van der Waals surface area contributed by atoms with Crippen LogP contribution in [0.2, 0.25) is 0 Å².